The van der Waals surface area contributed by atoms with Crippen molar-refractivity contribution in [3.63, 3.8) is 0 Å². The summed E-state index contributed by atoms with van der Waals surface area (Å²) in [4.78, 5) is 2.59. The quantitative estimate of drug-likeness (QED) is 0.851. The van der Waals surface area contributed by atoms with Crippen molar-refractivity contribution >= 4 is 39.0 Å². The number of benzene rings is 1. The van der Waals surface area contributed by atoms with Gasteiger partial charge in [0.15, 0.2) is 0 Å². The molecule has 0 aliphatic rings. The fourth-order valence-corrected chi connectivity index (χ4v) is 4.03. The molecule has 16 heavy (non-hydrogen) atoms. The Hall–Kier alpha value is -0.290. The van der Waals surface area contributed by atoms with Gasteiger partial charge in [0.25, 0.3) is 0 Å². The van der Waals surface area contributed by atoms with E-state index in [1.54, 1.807) is 11.3 Å². The van der Waals surface area contributed by atoms with Crippen LogP contribution in [0.15, 0.2) is 51.1 Å². The molecule has 1 nitrogen and oxygen atoms in total. The van der Waals surface area contributed by atoms with Gasteiger partial charge < -0.3 is 5.73 Å². The normalized spacial score (nSPS) is 12.6. The molecule has 0 radical (unpaired) electrons. The summed E-state index contributed by atoms with van der Waals surface area (Å²) < 4.78 is 1.16. The molecule has 0 saturated heterocycles. The third-order valence-corrected chi connectivity index (χ3v) is 5.31. The SMILES string of the molecule is NCC(Sc1ccccc1)c1ccc(Br)s1. The Kier molecular flexibility index (Phi) is 4.46. The van der Waals surface area contributed by atoms with Gasteiger partial charge in [-0.3, -0.25) is 0 Å². The first-order valence-electron chi connectivity index (χ1n) is 4.96. The molecule has 84 valence electrons. The van der Waals surface area contributed by atoms with Crippen molar-refractivity contribution < 1.29 is 0 Å². The topological polar surface area (TPSA) is 26.0 Å². The zero-order valence-corrected chi connectivity index (χ0v) is 11.8. The lowest BCUT2D eigenvalue weighted by molar-refractivity contribution is 0.960. The molecule has 1 atom stereocenters. The fourth-order valence-electron chi connectivity index (χ4n) is 1.39. The minimum absolute atomic E-state index is 0.346. The Morgan fingerprint density at radius 3 is 2.50 bits per heavy atom. The lowest BCUT2D eigenvalue weighted by Gasteiger charge is -2.12. The molecule has 0 fully saturated rings. The van der Waals surface area contributed by atoms with Crippen LogP contribution in [0.2, 0.25) is 0 Å². The van der Waals surface area contributed by atoms with Crippen LogP contribution in [0.1, 0.15) is 10.1 Å². The highest BCUT2D eigenvalue weighted by Crippen LogP contribution is 2.38. The van der Waals surface area contributed by atoms with Crippen LogP contribution in [0.25, 0.3) is 0 Å². The van der Waals surface area contributed by atoms with E-state index in [-0.39, 0.29) is 0 Å². The molecule has 2 aromatic rings. The summed E-state index contributed by atoms with van der Waals surface area (Å²) in [7, 11) is 0. The van der Waals surface area contributed by atoms with Gasteiger partial charge in [-0.15, -0.1) is 23.1 Å². The standard InChI is InChI=1S/C12H12BrNS2/c13-12-7-6-10(16-12)11(8-14)15-9-4-2-1-3-5-9/h1-7,11H,8,14H2. The van der Waals surface area contributed by atoms with Crippen LogP contribution in [-0.4, -0.2) is 6.54 Å². The van der Waals surface area contributed by atoms with Gasteiger partial charge in [-0.25, -0.2) is 0 Å². The second kappa shape index (κ2) is 5.87. The van der Waals surface area contributed by atoms with Crippen LogP contribution in [-0.2, 0) is 0 Å². The highest BCUT2D eigenvalue weighted by molar-refractivity contribution is 9.11. The smallest absolute Gasteiger partial charge is 0.0701 e. The monoisotopic (exact) mass is 313 g/mol. The molecule has 0 saturated carbocycles. The Morgan fingerprint density at radius 2 is 1.94 bits per heavy atom. The van der Waals surface area contributed by atoms with Gasteiger partial charge in [0.2, 0.25) is 0 Å². The van der Waals surface area contributed by atoms with Crippen molar-refractivity contribution in [3.8, 4) is 0 Å². The lowest BCUT2D eigenvalue weighted by Crippen LogP contribution is -2.07. The minimum atomic E-state index is 0.346. The van der Waals surface area contributed by atoms with E-state index in [1.807, 2.05) is 17.8 Å². The van der Waals surface area contributed by atoms with Gasteiger partial charge in [0, 0.05) is 16.3 Å². The molecule has 0 spiro atoms. The maximum absolute atomic E-state index is 5.83. The van der Waals surface area contributed by atoms with Gasteiger partial charge in [-0.05, 0) is 40.2 Å². The molecule has 0 bridgehead atoms. The Morgan fingerprint density at radius 1 is 1.19 bits per heavy atom. The summed E-state index contributed by atoms with van der Waals surface area (Å²) in [5, 5.41) is 0.346. The maximum Gasteiger partial charge on any atom is 0.0701 e. The third kappa shape index (κ3) is 3.10. The predicted octanol–water partition coefficient (Wildman–Crippen LogP) is 4.30. The Bertz CT molecular complexity index is 441. The number of thiophene rings is 1. The molecular weight excluding hydrogens is 302 g/mol. The number of hydrogen-bond acceptors (Lipinski definition) is 3. The maximum atomic E-state index is 5.83. The van der Waals surface area contributed by atoms with Crippen molar-refractivity contribution in [1.29, 1.82) is 0 Å². The molecule has 0 amide bonds. The minimum Gasteiger partial charge on any atom is -0.329 e. The molecule has 1 aromatic heterocycles. The van der Waals surface area contributed by atoms with Crippen molar-refractivity contribution in [2.24, 2.45) is 5.73 Å². The Labute approximate surface area is 112 Å². The average molecular weight is 314 g/mol. The van der Waals surface area contributed by atoms with Crippen LogP contribution in [0.3, 0.4) is 0 Å². The van der Waals surface area contributed by atoms with E-state index in [9.17, 15) is 0 Å². The summed E-state index contributed by atoms with van der Waals surface area (Å²) >= 11 is 7.06. The van der Waals surface area contributed by atoms with E-state index >= 15 is 0 Å². The van der Waals surface area contributed by atoms with Gasteiger partial charge in [0.05, 0.1) is 9.04 Å². The zero-order valence-electron chi connectivity index (χ0n) is 8.60. The van der Waals surface area contributed by atoms with Gasteiger partial charge in [-0.2, -0.15) is 0 Å². The highest BCUT2D eigenvalue weighted by Gasteiger charge is 2.13. The Balaban J connectivity index is 2.12. The predicted molar refractivity (Wildman–Crippen MR) is 76.1 cm³/mol. The van der Waals surface area contributed by atoms with Crippen LogP contribution in [0.5, 0.6) is 0 Å². The summed E-state index contributed by atoms with van der Waals surface area (Å²) in [6, 6.07) is 14.6. The number of hydrogen-bond donors (Lipinski definition) is 1. The van der Waals surface area contributed by atoms with Crippen LogP contribution in [0, 0.1) is 0 Å². The largest absolute Gasteiger partial charge is 0.329 e. The van der Waals surface area contributed by atoms with Crippen LogP contribution >= 0.6 is 39.0 Å². The van der Waals surface area contributed by atoms with E-state index in [0.717, 1.165) is 3.79 Å². The molecule has 1 unspecified atom stereocenters. The van der Waals surface area contributed by atoms with Crippen molar-refractivity contribution in [1.82, 2.24) is 0 Å². The molecule has 4 heteroatoms. The lowest BCUT2D eigenvalue weighted by atomic mass is 10.3. The first-order valence-corrected chi connectivity index (χ1v) is 7.45. The molecule has 1 heterocycles. The van der Waals surface area contributed by atoms with E-state index in [1.165, 1.54) is 9.77 Å². The molecular formula is C12H12BrNS2. The number of rotatable bonds is 4. The molecule has 0 aliphatic heterocycles. The van der Waals surface area contributed by atoms with Crippen molar-refractivity contribution in [2.75, 3.05) is 6.54 Å². The second-order valence-corrected chi connectivity index (χ2v) is 7.07. The summed E-state index contributed by atoms with van der Waals surface area (Å²) in [6.45, 7) is 0.659. The number of nitrogens with two attached hydrogens (primary N) is 1. The third-order valence-electron chi connectivity index (χ3n) is 2.15. The first kappa shape index (κ1) is 12.2. The molecule has 2 N–H and O–H groups in total. The summed E-state index contributed by atoms with van der Waals surface area (Å²) in [5.74, 6) is 0. The van der Waals surface area contributed by atoms with Crippen molar-refractivity contribution in [3.05, 3.63) is 51.1 Å². The molecule has 1 aromatic carbocycles. The van der Waals surface area contributed by atoms with Crippen LogP contribution in [0.4, 0.5) is 0 Å². The van der Waals surface area contributed by atoms with E-state index in [4.69, 9.17) is 5.73 Å². The summed E-state index contributed by atoms with van der Waals surface area (Å²) in [6.07, 6.45) is 0. The van der Waals surface area contributed by atoms with Gasteiger partial charge >= 0.3 is 0 Å². The van der Waals surface area contributed by atoms with E-state index in [0.29, 0.717) is 11.8 Å². The second-order valence-electron chi connectivity index (χ2n) is 3.30. The number of halogens is 1. The van der Waals surface area contributed by atoms with Crippen LogP contribution < -0.4 is 5.73 Å². The summed E-state index contributed by atoms with van der Waals surface area (Å²) in [5.41, 5.74) is 5.83. The first-order chi connectivity index (χ1) is 7.79. The average Bonchev–Trinajstić information content (AvgIpc) is 2.74. The molecule has 2 rings (SSSR count). The molecule has 0 aliphatic carbocycles. The van der Waals surface area contributed by atoms with Gasteiger partial charge in [0.1, 0.15) is 0 Å². The van der Waals surface area contributed by atoms with Gasteiger partial charge in [-0.1, -0.05) is 18.2 Å². The number of thioether (sulfide) groups is 1. The van der Waals surface area contributed by atoms with E-state index < -0.39 is 0 Å². The zero-order chi connectivity index (χ0) is 11.4. The highest BCUT2D eigenvalue weighted by atomic mass is 79.9. The van der Waals surface area contributed by atoms with Crippen molar-refractivity contribution in [2.45, 2.75) is 10.1 Å². The fraction of sp³-hybridized carbons (Fsp3) is 0.167. The van der Waals surface area contributed by atoms with E-state index in [2.05, 4.69) is 52.3 Å².